The van der Waals surface area contributed by atoms with Gasteiger partial charge in [-0.25, -0.2) is 9.97 Å². The topological polar surface area (TPSA) is 94.0 Å². The number of carbonyl (C=O) groups is 1. The molecule has 0 unspecified atom stereocenters. The highest BCUT2D eigenvalue weighted by molar-refractivity contribution is 5.97. The summed E-state index contributed by atoms with van der Waals surface area (Å²) in [4.78, 5) is 19.8. The molecule has 3 rings (SSSR count). The van der Waals surface area contributed by atoms with Gasteiger partial charge in [-0.3, -0.25) is 4.79 Å². The van der Waals surface area contributed by atoms with E-state index in [-0.39, 0.29) is 0 Å². The fourth-order valence-electron chi connectivity index (χ4n) is 2.06. The quantitative estimate of drug-likeness (QED) is 0.746. The number of amides is 1. The van der Waals surface area contributed by atoms with Crippen molar-refractivity contribution in [2.24, 2.45) is 5.73 Å². The highest BCUT2D eigenvalue weighted by atomic mass is 16.3. The number of fused-ring (bicyclic) bond motifs is 1. The third-order valence-electron chi connectivity index (χ3n) is 3.04. The van der Waals surface area contributed by atoms with Gasteiger partial charge in [0.2, 0.25) is 0 Å². The molecule has 0 saturated carbocycles. The molecule has 1 aromatic carbocycles. The number of aromatic nitrogens is 2. The molecule has 21 heavy (non-hydrogen) atoms. The van der Waals surface area contributed by atoms with Gasteiger partial charge in [0.1, 0.15) is 11.3 Å². The van der Waals surface area contributed by atoms with Gasteiger partial charge in [0.25, 0.3) is 5.91 Å². The normalized spacial score (nSPS) is 10.7. The van der Waals surface area contributed by atoms with E-state index in [1.165, 1.54) is 0 Å². The number of anilines is 1. The fraction of sp³-hybridized carbons (Fsp3) is 0.133. The largest absolute Gasteiger partial charge is 0.441 e. The lowest BCUT2D eigenvalue weighted by Gasteiger charge is -2.07. The zero-order valence-corrected chi connectivity index (χ0v) is 11.2. The van der Waals surface area contributed by atoms with Crippen LogP contribution in [0.2, 0.25) is 0 Å². The monoisotopic (exact) mass is 282 g/mol. The molecule has 6 heteroatoms. The first-order chi connectivity index (χ1) is 10.2. The molecule has 0 aliphatic rings. The first-order valence-electron chi connectivity index (χ1n) is 6.57. The Morgan fingerprint density at radius 1 is 1.24 bits per heavy atom. The maximum atomic E-state index is 11.3. The van der Waals surface area contributed by atoms with Gasteiger partial charge in [0, 0.05) is 19.2 Å². The van der Waals surface area contributed by atoms with Crippen LogP contribution in [0.5, 0.6) is 0 Å². The van der Waals surface area contributed by atoms with Crippen LogP contribution in [0.1, 0.15) is 16.2 Å². The number of primary amides is 1. The first-order valence-corrected chi connectivity index (χ1v) is 6.57. The summed E-state index contributed by atoms with van der Waals surface area (Å²) in [7, 11) is 0. The maximum absolute atomic E-state index is 11.3. The maximum Gasteiger partial charge on any atom is 0.252 e. The van der Waals surface area contributed by atoms with Crippen molar-refractivity contribution < 1.29 is 9.21 Å². The summed E-state index contributed by atoms with van der Waals surface area (Å²) in [6, 6.07) is 10.9. The number of benzene rings is 1. The summed E-state index contributed by atoms with van der Waals surface area (Å²) in [5, 5.41) is 3.08. The first kappa shape index (κ1) is 13.1. The van der Waals surface area contributed by atoms with Crippen LogP contribution in [0.3, 0.4) is 0 Å². The van der Waals surface area contributed by atoms with E-state index in [4.69, 9.17) is 10.2 Å². The van der Waals surface area contributed by atoms with Crippen LogP contribution in [0, 0.1) is 0 Å². The number of nitrogens with one attached hydrogen (secondary N) is 1. The van der Waals surface area contributed by atoms with Crippen molar-refractivity contribution >= 4 is 22.8 Å². The Morgan fingerprint density at radius 3 is 2.90 bits per heavy atom. The lowest BCUT2D eigenvalue weighted by molar-refractivity contribution is 0.100. The molecule has 2 aromatic heterocycles. The summed E-state index contributed by atoms with van der Waals surface area (Å²) >= 11 is 0. The standard InChI is InChI=1S/C15H14N4O2/c16-14(20)10-4-3-8-17-15(10)18-9-7-13-19-11-5-1-2-6-12(11)21-13/h1-6,8H,7,9H2,(H2,16,20)(H,17,18). The fourth-order valence-corrected chi connectivity index (χ4v) is 2.06. The zero-order valence-electron chi connectivity index (χ0n) is 11.2. The Bertz CT molecular complexity index is 749. The number of hydrogen-bond donors (Lipinski definition) is 2. The molecule has 0 radical (unpaired) electrons. The number of para-hydroxylation sites is 2. The highest BCUT2D eigenvalue weighted by Crippen LogP contribution is 2.15. The van der Waals surface area contributed by atoms with Crippen molar-refractivity contribution in [3.63, 3.8) is 0 Å². The molecule has 0 spiro atoms. The molecule has 6 nitrogen and oxygen atoms in total. The predicted molar refractivity (Wildman–Crippen MR) is 79.0 cm³/mol. The predicted octanol–water partition coefficient (Wildman–Crippen LogP) is 1.98. The minimum absolute atomic E-state index is 0.370. The average molecular weight is 282 g/mol. The molecule has 0 fully saturated rings. The Labute approximate surface area is 121 Å². The Kier molecular flexibility index (Phi) is 3.51. The minimum atomic E-state index is -0.507. The number of rotatable bonds is 5. The summed E-state index contributed by atoms with van der Waals surface area (Å²) in [6.45, 7) is 0.546. The molecule has 0 atom stereocenters. The van der Waals surface area contributed by atoms with Crippen LogP contribution in [-0.4, -0.2) is 22.4 Å². The smallest absolute Gasteiger partial charge is 0.252 e. The second kappa shape index (κ2) is 5.62. The summed E-state index contributed by atoms with van der Waals surface area (Å²) in [6.07, 6.45) is 2.19. The highest BCUT2D eigenvalue weighted by Gasteiger charge is 2.09. The number of pyridine rings is 1. The third-order valence-corrected chi connectivity index (χ3v) is 3.04. The van der Waals surface area contributed by atoms with Crippen LogP contribution in [0.4, 0.5) is 5.82 Å². The van der Waals surface area contributed by atoms with Crippen molar-refractivity contribution in [3.8, 4) is 0 Å². The molecule has 0 bridgehead atoms. The molecule has 0 aliphatic heterocycles. The molecular formula is C15H14N4O2. The van der Waals surface area contributed by atoms with Crippen LogP contribution < -0.4 is 11.1 Å². The van der Waals surface area contributed by atoms with Crippen LogP contribution in [-0.2, 0) is 6.42 Å². The molecule has 2 heterocycles. The van der Waals surface area contributed by atoms with E-state index < -0.39 is 5.91 Å². The van der Waals surface area contributed by atoms with Crippen molar-refractivity contribution in [2.45, 2.75) is 6.42 Å². The van der Waals surface area contributed by atoms with Crippen LogP contribution in [0.15, 0.2) is 47.0 Å². The van der Waals surface area contributed by atoms with Gasteiger partial charge in [-0.2, -0.15) is 0 Å². The van der Waals surface area contributed by atoms with Crippen LogP contribution in [0.25, 0.3) is 11.1 Å². The minimum Gasteiger partial charge on any atom is -0.441 e. The number of oxazole rings is 1. The molecule has 3 N–H and O–H groups in total. The van der Waals surface area contributed by atoms with Crippen molar-refractivity contribution in [1.29, 1.82) is 0 Å². The van der Waals surface area contributed by atoms with Crippen molar-refractivity contribution in [3.05, 3.63) is 54.0 Å². The van der Waals surface area contributed by atoms with Gasteiger partial charge in [0.15, 0.2) is 11.5 Å². The lowest BCUT2D eigenvalue weighted by atomic mass is 10.2. The SMILES string of the molecule is NC(=O)c1cccnc1NCCc1nc2ccccc2o1. The molecule has 0 saturated heterocycles. The van der Waals surface area contributed by atoms with E-state index in [1.54, 1.807) is 18.3 Å². The zero-order chi connectivity index (χ0) is 14.7. The van der Waals surface area contributed by atoms with Gasteiger partial charge < -0.3 is 15.5 Å². The second-order valence-electron chi connectivity index (χ2n) is 4.52. The lowest BCUT2D eigenvalue weighted by Crippen LogP contribution is -2.16. The van der Waals surface area contributed by atoms with E-state index in [0.717, 1.165) is 11.1 Å². The average Bonchev–Trinajstić information content (AvgIpc) is 2.90. The molecule has 1 amide bonds. The number of hydrogen-bond acceptors (Lipinski definition) is 5. The second-order valence-corrected chi connectivity index (χ2v) is 4.52. The van der Waals surface area contributed by atoms with Gasteiger partial charge in [-0.15, -0.1) is 0 Å². The van der Waals surface area contributed by atoms with E-state index in [9.17, 15) is 4.79 Å². The number of nitrogens with zero attached hydrogens (tertiary/aromatic N) is 2. The van der Waals surface area contributed by atoms with E-state index >= 15 is 0 Å². The van der Waals surface area contributed by atoms with Crippen molar-refractivity contribution in [2.75, 3.05) is 11.9 Å². The van der Waals surface area contributed by atoms with Crippen LogP contribution >= 0.6 is 0 Å². The van der Waals surface area contributed by atoms with Gasteiger partial charge in [-0.1, -0.05) is 12.1 Å². The number of carbonyl (C=O) groups excluding carboxylic acids is 1. The molecule has 3 aromatic rings. The van der Waals surface area contributed by atoms with Gasteiger partial charge >= 0.3 is 0 Å². The van der Waals surface area contributed by atoms with E-state index in [0.29, 0.717) is 30.2 Å². The Morgan fingerprint density at radius 2 is 2.10 bits per heavy atom. The third kappa shape index (κ3) is 2.84. The summed E-state index contributed by atoms with van der Waals surface area (Å²) < 4.78 is 5.62. The van der Waals surface area contributed by atoms with Gasteiger partial charge in [-0.05, 0) is 24.3 Å². The Balaban J connectivity index is 1.67. The number of nitrogens with two attached hydrogens (primary N) is 1. The summed E-state index contributed by atoms with van der Waals surface area (Å²) in [5.41, 5.74) is 7.27. The van der Waals surface area contributed by atoms with Crippen molar-refractivity contribution in [1.82, 2.24) is 9.97 Å². The van der Waals surface area contributed by atoms with E-state index in [1.807, 2.05) is 24.3 Å². The Hall–Kier alpha value is -2.89. The van der Waals surface area contributed by atoms with E-state index in [2.05, 4.69) is 15.3 Å². The molecule has 106 valence electrons. The van der Waals surface area contributed by atoms with Gasteiger partial charge in [0.05, 0.1) is 5.56 Å². The summed E-state index contributed by atoms with van der Waals surface area (Å²) in [5.74, 6) is 0.605. The molecule has 0 aliphatic carbocycles. The molecular weight excluding hydrogens is 268 g/mol.